The molecule has 0 bridgehead atoms. The number of anilines is 1. The molecular formula is C27H28ClNO4S. The molecule has 3 aliphatic carbocycles. The van der Waals surface area contributed by atoms with E-state index in [1.54, 1.807) is 30.3 Å². The van der Waals surface area contributed by atoms with Crippen molar-refractivity contribution in [2.75, 3.05) is 11.5 Å². The van der Waals surface area contributed by atoms with Crippen LogP contribution in [0.25, 0.3) is 0 Å². The second-order valence-corrected chi connectivity index (χ2v) is 11.4. The van der Waals surface area contributed by atoms with Gasteiger partial charge in [-0.15, -0.1) is 23.4 Å². The maximum atomic E-state index is 13.4. The molecule has 2 aromatic carbocycles. The second kappa shape index (κ2) is 9.38. The summed E-state index contributed by atoms with van der Waals surface area (Å²) in [5, 5.41) is 0.260. The standard InChI is InChI=1S/C27H28ClNO4S/c1-2-34-21-13-20(27(32)33-17-10-8-14-11-16(28)9-7-15(14)12-17)24(29)23-22(21)25(30)18-5-3-4-6-19(18)26(23)31/h3-6,13-17H,2,7-12,29H2,1H3/t14-,15?,16?,17-/m1/s1. The molecule has 5 nitrogen and oxygen atoms in total. The van der Waals surface area contributed by atoms with E-state index in [-0.39, 0.29) is 39.9 Å². The van der Waals surface area contributed by atoms with Gasteiger partial charge in [-0.3, -0.25) is 9.59 Å². The van der Waals surface area contributed by atoms with Crippen LogP contribution in [0.5, 0.6) is 0 Å². The van der Waals surface area contributed by atoms with Gasteiger partial charge < -0.3 is 10.5 Å². The smallest absolute Gasteiger partial charge is 0.340 e. The van der Waals surface area contributed by atoms with E-state index in [9.17, 15) is 14.4 Å². The predicted molar refractivity (Wildman–Crippen MR) is 134 cm³/mol. The molecule has 0 radical (unpaired) electrons. The monoisotopic (exact) mass is 497 g/mol. The van der Waals surface area contributed by atoms with Crippen LogP contribution in [-0.4, -0.2) is 34.8 Å². The van der Waals surface area contributed by atoms with E-state index < -0.39 is 5.97 Å². The molecule has 2 saturated carbocycles. The minimum absolute atomic E-state index is 0.0321. The number of rotatable bonds is 4. The predicted octanol–water partition coefficient (Wildman–Crippen LogP) is 5.89. The molecule has 3 aliphatic rings. The van der Waals surface area contributed by atoms with Gasteiger partial charge in [0.15, 0.2) is 11.6 Å². The number of hydrogen-bond acceptors (Lipinski definition) is 6. The lowest BCUT2D eigenvalue weighted by molar-refractivity contribution is -0.000579. The number of nitrogens with two attached hydrogens (primary N) is 1. The van der Waals surface area contributed by atoms with E-state index in [0.717, 1.165) is 38.5 Å². The highest BCUT2D eigenvalue weighted by atomic mass is 35.5. The van der Waals surface area contributed by atoms with Crippen LogP contribution in [0, 0.1) is 11.8 Å². The van der Waals surface area contributed by atoms with Crippen molar-refractivity contribution in [3.63, 3.8) is 0 Å². The lowest BCUT2D eigenvalue weighted by Gasteiger charge is -2.40. The summed E-state index contributed by atoms with van der Waals surface area (Å²) in [5.74, 6) is 0.739. The molecule has 2 unspecified atom stereocenters. The quantitative estimate of drug-likeness (QED) is 0.209. The van der Waals surface area contributed by atoms with Gasteiger partial charge in [0.1, 0.15) is 6.10 Å². The minimum Gasteiger partial charge on any atom is -0.459 e. The number of hydrogen-bond donors (Lipinski definition) is 1. The van der Waals surface area contributed by atoms with Gasteiger partial charge in [0, 0.05) is 27.0 Å². The van der Waals surface area contributed by atoms with Gasteiger partial charge in [-0.1, -0.05) is 31.2 Å². The van der Waals surface area contributed by atoms with Crippen molar-refractivity contribution < 1.29 is 19.1 Å². The summed E-state index contributed by atoms with van der Waals surface area (Å²) in [4.78, 5) is 40.6. The summed E-state index contributed by atoms with van der Waals surface area (Å²) >= 11 is 7.78. The lowest BCUT2D eigenvalue weighted by atomic mass is 9.70. The number of carbonyl (C=O) groups excluding carboxylic acids is 3. The van der Waals surface area contributed by atoms with Crippen molar-refractivity contribution in [1.82, 2.24) is 0 Å². The number of thioether (sulfide) groups is 1. The average molecular weight is 498 g/mol. The number of alkyl halides is 1. The van der Waals surface area contributed by atoms with Gasteiger partial charge in [-0.25, -0.2) is 4.79 Å². The summed E-state index contributed by atoms with van der Waals surface area (Å²) in [6.07, 6.45) is 5.61. The van der Waals surface area contributed by atoms with Gasteiger partial charge in [-0.2, -0.15) is 0 Å². The van der Waals surface area contributed by atoms with E-state index in [1.807, 2.05) is 6.92 Å². The molecule has 178 valence electrons. The molecule has 0 saturated heterocycles. The Morgan fingerprint density at radius 1 is 1.03 bits per heavy atom. The molecule has 2 aromatic rings. The van der Waals surface area contributed by atoms with Crippen LogP contribution in [0.4, 0.5) is 5.69 Å². The molecule has 0 aromatic heterocycles. The first-order valence-corrected chi connectivity index (χ1v) is 13.4. The number of ketones is 2. The number of carbonyl (C=O) groups is 3. The first kappa shape index (κ1) is 23.4. The maximum absolute atomic E-state index is 13.4. The van der Waals surface area contributed by atoms with Gasteiger partial charge >= 0.3 is 5.97 Å². The Morgan fingerprint density at radius 3 is 2.38 bits per heavy atom. The molecule has 5 rings (SSSR count). The molecule has 0 aliphatic heterocycles. The third-order valence-corrected chi connectivity index (χ3v) is 8.81. The lowest BCUT2D eigenvalue weighted by Crippen LogP contribution is -2.35. The van der Waals surface area contributed by atoms with Crippen LogP contribution < -0.4 is 5.73 Å². The van der Waals surface area contributed by atoms with E-state index in [1.165, 1.54) is 11.8 Å². The average Bonchev–Trinajstić information content (AvgIpc) is 2.83. The molecule has 0 heterocycles. The van der Waals surface area contributed by atoms with Gasteiger partial charge in [0.2, 0.25) is 0 Å². The summed E-state index contributed by atoms with van der Waals surface area (Å²) in [6.45, 7) is 1.96. The zero-order chi connectivity index (χ0) is 24.0. The number of esters is 1. The normalized spacial score (nSPS) is 25.8. The summed E-state index contributed by atoms with van der Waals surface area (Å²) in [6, 6.07) is 8.38. The SMILES string of the molecule is CCSc1cc(C(=O)O[C@@H]2CC[C@@H]3CC(Cl)CCC3C2)c(N)c2c1C(=O)c1ccccc1C2=O. The van der Waals surface area contributed by atoms with E-state index in [0.29, 0.717) is 39.2 Å². The first-order valence-electron chi connectivity index (χ1n) is 12.0. The van der Waals surface area contributed by atoms with Crippen LogP contribution in [0.3, 0.4) is 0 Å². The Hall–Kier alpha value is -2.31. The van der Waals surface area contributed by atoms with Crippen molar-refractivity contribution in [2.45, 2.75) is 61.8 Å². The van der Waals surface area contributed by atoms with Crippen LogP contribution in [0.2, 0.25) is 0 Å². The zero-order valence-electron chi connectivity index (χ0n) is 19.1. The summed E-state index contributed by atoms with van der Waals surface area (Å²) in [7, 11) is 0. The fourth-order valence-electron chi connectivity index (χ4n) is 5.83. The highest BCUT2D eigenvalue weighted by Crippen LogP contribution is 2.44. The van der Waals surface area contributed by atoms with E-state index in [2.05, 4.69) is 0 Å². The number of benzene rings is 2. The highest BCUT2D eigenvalue weighted by Gasteiger charge is 2.38. The molecular weight excluding hydrogens is 470 g/mol. The number of nitrogen functional groups attached to an aromatic ring is 1. The Morgan fingerprint density at radius 2 is 1.68 bits per heavy atom. The third-order valence-electron chi connectivity index (χ3n) is 7.50. The van der Waals surface area contributed by atoms with Crippen LogP contribution >= 0.6 is 23.4 Å². The number of halogens is 1. The minimum atomic E-state index is -0.521. The van der Waals surface area contributed by atoms with Crippen LogP contribution in [0.1, 0.15) is 87.6 Å². The molecule has 0 amide bonds. The fraction of sp³-hybridized carbons (Fsp3) is 0.444. The van der Waals surface area contributed by atoms with Crippen LogP contribution in [-0.2, 0) is 4.74 Å². The van der Waals surface area contributed by atoms with E-state index >= 15 is 0 Å². The number of fused-ring (bicyclic) bond motifs is 3. The maximum Gasteiger partial charge on any atom is 0.340 e. The Kier molecular flexibility index (Phi) is 6.47. The van der Waals surface area contributed by atoms with Gasteiger partial charge in [0.25, 0.3) is 0 Å². The zero-order valence-corrected chi connectivity index (χ0v) is 20.7. The molecule has 2 N–H and O–H groups in total. The fourth-order valence-corrected chi connectivity index (χ4v) is 7.04. The summed E-state index contributed by atoms with van der Waals surface area (Å²) in [5.41, 5.74) is 7.72. The highest BCUT2D eigenvalue weighted by molar-refractivity contribution is 7.99. The molecule has 4 atom stereocenters. The largest absolute Gasteiger partial charge is 0.459 e. The summed E-state index contributed by atoms with van der Waals surface area (Å²) < 4.78 is 5.93. The molecule has 34 heavy (non-hydrogen) atoms. The molecule has 0 spiro atoms. The second-order valence-electron chi connectivity index (χ2n) is 9.49. The van der Waals surface area contributed by atoms with Crippen molar-refractivity contribution in [3.8, 4) is 0 Å². The Labute approximate surface area is 208 Å². The third kappa shape index (κ3) is 4.05. The molecule has 2 fully saturated rings. The molecule has 7 heteroatoms. The Balaban J connectivity index is 1.46. The topological polar surface area (TPSA) is 86.5 Å². The Bertz CT molecular complexity index is 1180. The van der Waals surface area contributed by atoms with Gasteiger partial charge in [-0.05, 0) is 62.2 Å². The van der Waals surface area contributed by atoms with Crippen molar-refractivity contribution >= 4 is 46.6 Å². The number of ether oxygens (including phenoxy) is 1. The van der Waals surface area contributed by atoms with Crippen molar-refractivity contribution in [2.24, 2.45) is 11.8 Å². The first-order chi connectivity index (χ1) is 16.4. The van der Waals surface area contributed by atoms with Crippen molar-refractivity contribution in [1.29, 1.82) is 0 Å². The van der Waals surface area contributed by atoms with Crippen molar-refractivity contribution in [3.05, 3.63) is 58.1 Å². The van der Waals surface area contributed by atoms with Crippen LogP contribution in [0.15, 0.2) is 35.2 Å². The van der Waals surface area contributed by atoms with Gasteiger partial charge in [0.05, 0.1) is 16.8 Å². The van der Waals surface area contributed by atoms with E-state index in [4.69, 9.17) is 22.1 Å².